The van der Waals surface area contributed by atoms with Crippen molar-refractivity contribution in [2.24, 2.45) is 0 Å². The highest BCUT2D eigenvalue weighted by atomic mass is 16.6. The van der Waals surface area contributed by atoms with Crippen LogP contribution in [0.2, 0.25) is 0 Å². The van der Waals surface area contributed by atoms with Gasteiger partial charge in [0.05, 0.1) is 10.8 Å². The Labute approximate surface area is 200 Å². The van der Waals surface area contributed by atoms with E-state index in [0.717, 1.165) is 37.9 Å². The first kappa shape index (κ1) is 23.7. The minimum absolute atomic E-state index is 0.0264. The van der Waals surface area contributed by atoms with Gasteiger partial charge in [0.25, 0.3) is 11.6 Å². The summed E-state index contributed by atoms with van der Waals surface area (Å²) in [6, 6.07) is 14.5. The number of piperidine rings is 1. The number of benzene rings is 2. The lowest BCUT2D eigenvalue weighted by atomic mass is 9.93. The molecule has 8 nitrogen and oxygen atoms in total. The van der Waals surface area contributed by atoms with Gasteiger partial charge in [-0.05, 0) is 49.8 Å². The molecule has 0 saturated carbocycles. The van der Waals surface area contributed by atoms with E-state index in [4.69, 9.17) is 0 Å². The zero-order valence-corrected chi connectivity index (χ0v) is 19.6. The van der Waals surface area contributed by atoms with E-state index in [1.807, 2.05) is 47.1 Å². The number of anilines is 1. The van der Waals surface area contributed by atoms with E-state index in [2.05, 4.69) is 5.32 Å². The maximum atomic E-state index is 13.1. The molecule has 2 aromatic carbocycles. The predicted molar refractivity (Wildman–Crippen MR) is 131 cm³/mol. The molecule has 0 aromatic heterocycles. The summed E-state index contributed by atoms with van der Waals surface area (Å²) in [5.41, 5.74) is 1.88. The number of nitro benzene ring substituents is 1. The molecule has 2 amide bonds. The second-order valence-corrected chi connectivity index (χ2v) is 9.10. The van der Waals surface area contributed by atoms with Crippen molar-refractivity contribution >= 4 is 23.2 Å². The molecular weight excluding hydrogens is 432 g/mol. The molecule has 2 aromatic rings. The van der Waals surface area contributed by atoms with Crippen LogP contribution in [0.4, 0.5) is 11.4 Å². The van der Waals surface area contributed by atoms with Crippen LogP contribution in [-0.4, -0.2) is 53.9 Å². The van der Waals surface area contributed by atoms with Gasteiger partial charge in [-0.3, -0.25) is 19.7 Å². The number of nitro groups is 1. The lowest BCUT2D eigenvalue weighted by Crippen LogP contribution is -2.47. The monoisotopic (exact) mass is 464 g/mol. The summed E-state index contributed by atoms with van der Waals surface area (Å²) in [5.74, 6) is -0.329. The molecule has 1 atom stereocenters. The summed E-state index contributed by atoms with van der Waals surface area (Å²) in [7, 11) is 0. The third-order valence-corrected chi connectivity index (χ3v) is 6.93. The fraction of sp³-hybridized carbons (Fsp3) is 0.462. The van der Waals surface area contributed by atoms with E-state index < -0.39 is 4.92 Å². The molecule has 2 saturated heterocycles. The highest BCUT2D eigenvalue weighted by Gasteiger charge is 2.29. The minimum atomic E-state index is -0.411. The Morgan fingerprint density at radius 2 is 1.74 bits per heavy atom. The van der Waals surface area contributed by atoms with Gasteiger partial charge in [0.15, 0.2) is 0 Å². The van der Waals surface area contributed by atoms with Gasteiger partial charge in [-0.1, -0.05) is 37.3 Å². The largest absolute Gasteiger partial charge is 0.366 e. The van der Waals surface area contributed by atoms with Crippen molar-refractivity contribution < 1.29 is 14.5 Å². The molecule has 0 spiro atoms. The second-order valence-electron chi connectivity index (χ2n) is 9.10. The molecule has 1 N–H and O–H groups in total. The first-order chi connectivity index (χ1) is 16.5. The molecule has 2 heterocycles. The highest BCUT2D eigenvalue weighted by Crippen LogP contribution is 2.32. The van der Waals surface area contributed by atoms with Crippen LogP contribution in [0.5, 0.6) is 0 Å². The van der Waals surface area contributed by atoms with Gasteiger partial charge in [-0.15, -0.1) is 0 Å². The number of hydrogen-bond donors (Lipinski definition) is 1. The number of nitrogens with one attached hydrogen (secondary N) is 1. The van der Waals surface area contributed by atoms with E-state index in [-0.39, 0.29) is 29.5 Å². The van der Waals surface area contributed by atoms with Crippen LogP contribution >= 0.6 is 0 Å². The topological polar surface area (TPSA) is 95.8 Å². The second kappa shape index (κ2) is 10.7. The van der Waals surface area contributed by atoms with Gasteiger partial charge in [0.1, 0.15) is 5.69 Å². The summed E-state index contributed by atoms with van der Waals surface area (Å²) in [5, 5.41) is 14.6. The lowest BCUT2D eigenvalue weighted by molar-refractivity contribution is -0.384. The van der Waals surface area contributed by atoms with Crippen LogP contribution in [-0.2, 0) is 4.79 Å². The minimum Gasteiger partial charge on any atom is -0.366 e. The summed E-state index contributed by atoms with van der Waals surface area (Å²) in [6.07, 6.45) is 4.11. The Bertz CT molecular complexity index is 1030. The van der Waals surface area contributed by atoms with Crippen molar-refractivity contribution in [3.8, 4) is 0 Å². The maximum absolute atomic E-state index is 13.1. The van der Waals surface area contributed by atoms with Crippen molar-refractivity contribution in [1.29, 1.82) is 0 Å². The normalized spacial score (nSPS) is 17.4. The smallest absolute Gasteiger partial charge is 0.293 e. The van der Waals surface area contributed by atoms with Crippen molar-refractivity contribution in [3.63, 3.8) is 0 Å². The summed E-state index contributed by atoms with van der Waals surface area (Å²) in [4.78, 5) is 41.1. The number of nitrogens with zero attached hydrogens (tertiary/aromatic N) is 3. The quantitative estimate of drug-likeness (QED) is 0.491. The van der Waals surface area contributed by atoms with Crippen molar-refractivity contribution in [2.75, 3.05) is 31.1 Å². The van der Waals surface area contributed by atoms with Crippen LogP contribution in [0.15, 0.2) is 48.5 Å². The number of likely N-dealkylation sites (tertiary alicyclic amines) is 1. The Balaban J connectivity index is 1.36. The maximum Gasteiger partial charge on any atom is 0.293 e. The Morgan fingerprint density at radius 3 is 2.35 bits per heavy atom. The van der Waals surface area contributed by atoms with Crippen LogP contribution in [0.3, 0.4) is 0 Å². The van der Waals surface area contributed by atoms with E-state index in [1.54, 1.807) is 12.1 Å². The van der Waals surface area contributed by atoms with E-state index in [9.17, 15) is 19.7 Å². The zero-order valence-electron chi connectivity index (χ0n) is 19.6. The van der Waals surface area contributed by atoms with Gasteiger partial charge in [-0.25, -0.2) is 0 Å². The number of carbonyl (C=O) groups is 2. The van der Waals surface area contributed by atoms with Gasteiger partial charge in [0, 0.05) is 43.9 Å². The first-order valence-corrected chi connectivity index (χ1v) is 12.2. The van der Waals surface area contributed by atoms with E-state index in [0.29, 0.717) is 37.2 Å². The Morgan fingerprint density at radius 1 is 1.06 bits per heavy atom. The number of carbonyl (C=O) groups excluding carboxylic acids is 2. The van der Waals surface area contributed by atoms with Crippen molar-refractivity contribution in [3.05, 3.63) is 69.8 Å². The third-order valence-electron chi connectivity index (χ3n) is 6.93. The van der Waals surface area contributed by atoms with Crippen molar-refractivity contribution in [1.82, 2.24) is 10.2 Å². The molecule has 4 rings (SSSR count). The molecule has 0 bridgehead atoms. The average molecular weight is 465 g/mol. The first-order valence-electron chi connectivity index (χ1n) is 12.2. The number of rotatable bonds is 7. The highest BCUT2D eigenvalue weighted by molar-refractivity contribution is 5.96. The SMILES string of the molecule is CCC(C(=O)N1CCC(NC(=O)c2ccc(N3CCCC3)c([N+](=O)[O-])c2)CC1)c1ccccc1. The molecule has 0 aliphatic carbocycles. The summed E-state index contributed by atoms with van der Waals surface area (Å²) >= 11 is 0. The number of amides is 2. The van der Waals surface area contributed by atoms with Gasteiger partial charge in [0.2, 0.25) is 5.91 Å². The van der Waals surface area contributed by atoms with Gasteiger partial charge in [-0.2, -0.15) is 0 Å². The third kappa shape index (κ3) is 5.21. The fourth-order valence-electron chi connectivity index (χ4n) is 5.01. The molecule has 34 heavy (non-hydrogen) atoms. The molecule has 0 radical (unpaired) electrons. The average Bonchev–Trinajstić information content (AvgIpc) is 3.40. The summed E-state index contributed by atoms with van der Waals surface area (Å²) < 4.78 is 0. The lowest BCUT2D eigenvalue weighted by Gasteiger charge is -2.34. The van der Waals surface area contributed by atoms with E-state index in [1.165, 1.54) is 6.07 Å². The van der Waals surface area contributed by atoms with Crippen LogP contribution in [0.1, 0.15) is 60.9 Å². The fourth-order valence-corrected chi connectivity index (χ4v) is 5.01. The van der Waals surface area contributed by atoms with Gasteiger partial charge < -0.3 is 15.1 Å². The Kier molecular flexibility index (Phi) is 7.45. The zero-order chi connectivity index (χ0) is 24.1. The number of hydrogen-bond acceptors (Lipinski definition) is 5. The molecule has 2 aliphatic rings. The van der Waals surface area contributed by atoms with Crippen LogP contribution < -0.4 is 10.2 Å². The molecule has 8 heteroatoms. The summed E-state index contributed by atoms with van der Waals surface area (Å²) in [6.45, 7) is 4.79. The molecular formula is C26H32N4O4. The van der Waals surface area contributed by atoms with Crippen LogP contribution in [0.25, 0.3) is 0 Å². The molecule has 180 valence electrons. The molecule has 2 aliphatic heterocycles. The Hall–Kier alpha value is -3.42. The molecule has 1 unspecified atom stereocenters. The molecule has 2 fully saturated rings. The predicted octanol–water partition coefficient (Wildman–Crippen LogP) is 4.11. The van der Waals surface area contributed by atoms with Gasteiger partial charge >= 0.3 is 0 Å². The van der Waals surface area contributed by atoms with E-state index >= 15 is 0 Å². The van der Waals surface area contributed by atoms with Crippen LogP contribution in [0, 0.1) is 10.1 Å². The standard InChI is InChI=1S/C26H32N4O4/c1-2-22(19-8-4-3-5-9-19)26(32)29-16-12-21(13-17-29)27-25(31)20-10-11-23(24(18-20)30(33)34)28-14-6-7-15-28/h3-5,8-11,18,21-22H,2,6-7,12-17H2,1H3,(H,27,31). The van der Waals surface area contributed by atoms with Crippen molar-refractivity contribution in [2.45, 2.75) is 51.0 Å².